The average molecular weight is 191 g/mol. The molecule has 1 heterocycles. The van der Waals surface area contributed by atoms with Crippen LogP contribution in [-0.2, 0) is 4.79 Å². The summed E-state index contributed by atoms with van der Waals surface area (Å²) in [4.78, 5) is 13.5. The number of nitrogens with zero attached hydrogens (tertiary/aromatic N) is 1. The molecule has 0 saturated heterocycles. The molecular formula is C12H17NO. The summed E-state index contributed by atoms with van der Waals surface area (Å²) in [6, 6.07) is 0. The van der Waals surface area contributed by atoms with Gasteiger partial charge in [-0.05, 0) is 24.3 Å². The van der Waals surface area contributed by atoms with Crippen molar-refractivity contribution in [3.63, 3.8) is 0 Å². The molecule has 0 saturated carbocycles. The van der Waals surface area contributed by atoms with Crippen molar-refractivity contribution >= 4 is 5.91 Å². The summed E-state index contributed by atoms with van der Waals surface area (Å²) in [7, 11) is 1.88. The SMILES string of the molecule is CC(C)C1=CC2=C(CC1)C(=O)N(C)C2. The highest BCUT2D eigenvalue weighted by Gasteiger charge is 2.29. The molecule has 0 aromatic heterocycles. The van der Waals surface area contributed by atoms with Crippen LogP contribution in [0.3, 0.4) is 0 Å². The number of carbonyl (C=O) groups excluding carboxylic acids is 1. The third-order valence-corrected chi connectivity index (χ3v) is 3.16. The van der Waals surface area contributed by atoms with E-state index in [0.29, 0.717) is 5.92 Å². The molecule has 0 spiro atoms. The lowest BCUT2D eigenvalue weighted by atomic mass is 9.88. The van der Waals surface area contributed by atoms with E-state index < -0.39 is 0 Å². The number of amides is 1. The van der Waals surface area contributed by atoms with Crippen molar-refractivity contribution in [2.24, 2.45) is 5.92 Å². The molecule has 2 nitrogen and oxygen atoms in total. The van der Waals surface area contributed by atoms with Gasteiger partial charge in [-0.2, -0.15) is 0 Å². The second kappa shape index (κ2) is 3.26. The predicted octanol–water partition coefficient (Wildman–Crippen LogP) is 2.13. The van der Waals surface area contributed by atoms with Crippen LogP contribution in [0.15, 0.2) is 22.8 Å². The summed E-state index contributed by atoms with van der Waals surface area (Å²) < 4.78 is 0. The molecule has 1 amide bonds. The predicted molar refractivity (Wildman–Crippen MR) is 56.8 cm³/mol. The maximum atomic E-state index is 11.7. The Kier molecular flexibility index (Phi) is 2.22. The third kappa shape index (κ3) is 1.39. The summed E-state index contributed by atoms with van der Waals surface area (Å²) in [5, 5.41) is 0. The molecule has 1 aliphatic heterocycles. The molecule has 76 valence electrons. The Balaban J connectivity index is 2.29. The van der Waals surface area contributed by atoms with E-state index in [9.17, 15) is 4.79 Å². The summed E-state index contributed by atoms with van der Waals surface area (Å²) in [6.45, 7) is 5.25. The first kappa shape index (κ1) is 9.50. The van der Waals surface area contributed by atoms with Crippen molar-refractivity contribution in [1.82, 2.24) is 4.90 Å². The minimum Gasteiger partial charge on any atom is -0.338 e. The van der Waals surface area contributed by atoms with Gasteiger partial charge in [-0.3, -0.25) is 4.79 Å². The van der Waals surface area contributed by atoms with E-state index in [0.717, 1.165) is 25.0 Å². The normalized spacial score (nSPS) is 21.9. The lowest BCUT2D eigenvalue weighted by molar-refractivity contribution is -0.124. The van der Waals surface area contributed by atoms with Gasteiger partial charge in [0.1, 0.15) is 0 Å². The van der Waals surface area contributed by atoms with Gasteiger partial charge in [-0.1, -0.05) is 25.5 Å². The Labute approximate surface area is 85.3 Å². The van der Waals surface area contributed by atoms with E-state index in [4.69, 9.17) is 0 Å². The molecule has 0 atom stereocenters. The second-order valence-corrected chi connectivity index (χ2v) is 4.54. The number of carbonyl (C=O) groups is 1. The third-order valence-electron chi connectivity index (χ3n) is 3.16. The van der Waals surface area contributed by atoms with E-state index in [1.165, 1.54) is 11.1 Å². The number of hydrogen-bond donors (Lipinski definition) is 0. The van der Waals surface area contributed by atoms with Gasteiger partial charge >= 0.3 is 0 Å². The Morgan fingerprint density at radius 2 is 2.07 bits per heavy atom. The summed E-state index contributed by atoms with van der Waals surface area (Å²) >= 11 is 0. The van der Waals surface area contributed by atoms with Crippen molar-refractivity contribution in [3.8, 4) is 0 Å². The lowest BCUT2D eigenvalue weighted by Crippen LogP contribution is -2.21. The van der Waals surface area contributed by atoms with Gasteiger partial charge in [0, 0.05) is 19.2 Å². The van der Waals surface area contributed by atoms with Crippen molar-refractivity contribution in [2.45, 2.75) is 26.7 Å². The maximum absolute atomic E-state index is 11.7. The zero-order chi connectivity index (χ0) is 10.3. The van der Waals surface area contributed by atoms with Gasteiger partial charge < -0.3 is 4.90 Å². The Morgan fingerprint density at radius 3 is 2.71 bits per heavy atom. The zero-order valence-electron chi connectivity index (χ0n) is 9.13. The molecule has 2 heteroatoms. The standard InChI is InChI=1S/C12H17NO/c1-8(2)9-4-5-11-10(6-9)7-13(3)12(11)14/h6,8H,4-5,7H2,1-3H3. The minimum absolute atomic E-state index is 0.235. The van der Waals surface area contributed by atoms with E-state index in [1.54, 1.807) is 0 Å². The van der Waals surface area contributed by atoms with E-state index in [2.05, 4.69) is 19.9 Å². The van der Waals surface area contributed by atoms with Crippen LogP contribution in [0.2, 0.25) is 0 Å². The molecule has 0 bridgehead atoms. The first-order valence-electron chi connectivity index (χ1n) is 5.27. The van der Waals surface area contributed by atoms with Gasteiger partial charge in [0.15, 0.2) is 0 Å². The van der Waals surface area contributed by atoms with Gasteiger partial charge in [-0.25, -0.2) is 0 Å². The smallest absolute Gasteiger partial charge is 0.250 e. The molecule has 14 heavy (non-hydrogen) atoms. The fraction of sp³-hybridized carbons (Fsp3) is 0.583. The summed E-state index contributed by atoms with van der Waals surface area (Å²) in [5.41, 5.74) is 3.80. The van der Waals surface area contributed by atoms with E-state index in [-0.39, 0.29) is 5.91 Å². The summed E-state index contributed by atoms with van der Waals surface area (Å²) in [5.74, 6) is 0.851. The van der Waals surface area contributed by atoms with E-state index >= 15 is 0 Å². The van der Waals surface area contributed by atoms with Crippen molar-refractivity contribution < 1.29 is 4.79 Å². The molecule has 1 aliphatic carbocycles. The van der Waals surface area contributed by atoms with Crippen LogP contribution in [0.1, 0.15) is 26.7 Å². The Morgan fingerprint density at radius 1 is 1.36 bits per heavy atom. The quantitative estimate of drug-likeness (QED) is 0.621. The molecule has 0 unspecified atom stereocenters. The van der Waals surface area contributed by atoms with Gasteiger partial charge in [0.05, 0.1) is 0 Å². The van der Waals surface area contributed by atoms with Crippen LogP contribution >= 0.6 is 0 Å². The second-order valence-electron chi connectivity index (χ2n) is 4.54. The van der Waals surface area contributed by atoms with Gasteiger partial charge in [0.2, 0.25) is 5.91 Å². The van der Waals surface area contributed by atoms with Gasteiger partial charge in [-0.15, -0.1) is 0 Å². The van der Waals surface area contributed by atoms with Crippen molar-refractivity contribution in [1.29, 1.82) is 0 Å². The first-order valence-corrected chi connectivity index (χ1v) is 5.27. The van der Waals surface area contributed by atoms with E-state index in [1.807, 2.05) is 11.9 Å². The van der Waals surface area contributed by atoms with Crippen LogP contribution in [0.25, 0.3) is 0 Å². The van der Waals surface area contributed by atoms with Crippen molar-refractivity contribution in [3.05, 3.63) is 22.8 Å². The van der Waals surface area contributed by atoms with Crippen LogP contribution < -0.4 is 0 Å². The molecule has 0 aromatic rings. The maximum Gasteiger partial charge on any atom is 0.250 e. The zero-order valence-corrected chi connectivity index (χ0v) is 9.13. The molecular weight excluding hydrogens is 174 g/mol. The number of rotatable bonds is 1. The fourth-order valence-corrected chi connectivity index (χ4v) is 2.21. The Bertz CT molecular complexity index is 336. The number of hydrogen-bond acceptors (Lipinski definition) is 1. The average Bonchev–Trinajstić information content (AvgIpc) is 2.42. The molecule has 0 fully saturated rings. The minimum atomic E-state index is 0.235. The van der Waals surface area contributed by atoms with Crippen LogP contribution in [0.4, 0.5) is 0 Å². The van der Waals surface area contributed by atoms with Crippen LogP contribution in [0.5, 0.6) is 0 Å². The first-order chi connectivity index (χ1) is 6.59. The lowest BCUT2D eigenvalue weighted by Gasteiger charge is -2.16. The Hall–Kier alpha value is -1.05. The topological polar surface area (TPSA) is 20.3 Å². The van der Waals surface area contributed by atoms with Crippen molar-refractivity contribution in [2.75, 3.05) is 13.6 Å². The van der Waals surface area contributed by atoms with Crippen LogP contribution in [0, 0.1) is 5.92 Å². The number of allylic oxidation sites excluding steroid dienone is 1. The largest absolute Gasteiger partial charge is 0.338 e. The van der Waals surface area contributed by atoms with Gasteiger partial charge in [0.25, 0.3) is 0 Å². The molecule has 2 rings (SSSR count). The molecule has 0 radical (unpaired) electrons. The summed E-state index contributed by atoms with van der Waals surface area (Å²) in [6.07, 6.45) is 4.25. The van der Waals surface area contributed by atoms with Crippen LogP contribution in [-0.4, -0.2) is 24.4 Å². The monoisotopic (exact) mass is 191 g/mol. The highest BCUT2D eigenvalue weighted by molar-refractivity contribution is 5.97. The number of likely N-dealkylation sites (N-methyl/N-ethyl adjacent to an activating group) is 1. The highest BCUT2D eigenvalue weighted by atomic mass is 16.2. The fourth-order valence-electron chi connectivity index (χ4n) is 2.21. The highest BCUT2D eigenvalue weighted by Crippen LogP contribution is 2.32. The molecule has 0 aromatic carbocycles. The molecule has 2 aliphatic rings. The molecule has 0 N–H and O–H groups in total.